The molecule has 0 aromatic carbocycles. The summed E-state index contributed by atoms with van der Waals surface area (Å²) in [5.41, 5.74) is 2.05. The lowest BCUT2D eigenvalue weighted by atomic mass is 9.94. The van der Waals surface area contributed by atoms with E-state index in [2.05, 4.69) is 51.2 Å². The molecule has 4 nitrogen and oxygen atoms in total. The standard InChI is InChI=1S/C14H25N3O/c1-7-10-11(9-17(6)16-10)15-12-8-13(2,3)18-14(12,4)5/h9,12,15H,7-8H2,1-6H3. The van der Waals surface area contributed by atoms with E-state index in [0.717, 1.165) is 24.2 Å². The van der Waals surface area contributed by atoms with Crippen LogP contribution in [0.15, 0.2) is 6.20 Å². The third-order valence-corrected chi connectivity index (χ3v) is 3.64. The monoisotopic (exact) mass is 251 g/mol. The van der Waals surface area contributed by atoms with Gasteiger partial charge in [-0.25, -0.2) is 0 Å². The SMILES string of the molecule is CCc1nn(C)cc1NC1CC(C)(C)OC1(C)C. The average Bonchev–Trinajstić information content (AvgIpc) is 2.64. The Morgan fingerprint density at radius 2 is 2.11 bits per heavy atom. The fourth-order valence-electron chi connectivity index (χ4n) is 2.89. The van der Waals surface area contributed by atoms with Crippen molar-refractivity contribution in [3.63, 3.8) is 0 Å². The first kappa shape index (κ1) is 13.4. The summed E-state index contributed by atoms with van der Waals surface area (Å²) in [5.74, 6) is 0. The van der Waals surface area contributed by atoms with Crippen molar-refractivity contribution in [1.82, 2.24) is 9.78 Å². The molecule has 1 atom stereocenters. The van der Waals surface area contributed by atoms with Gasteiger partial charge in [0, 0.05) is 13.2 Å². The highest BCUT2D eigenvalue weighted by molar-refractivity contribution is 5.48. The number of nitrogens with zero attached hydrogens (tertiary/aromatic N) is 2. The van der Waals surface area contributed by atoms with Gasteiger partial charge in [0.05, 0.1) is 28.6 Å². The van der Waals surface area contributed by atoms with Crippen LogP contribution in [0.2, 0.25) is 0 Å². The fourth-order valence-corrected chi connectivity index (χ4v) is 2.89. The van der Waals surface area contributed by atoms with Gasteiger partial charge in [-0.15, -0.1) is 0 Å². The molecule has 1 aromatic heterocycles. The molecular formula is C14H25N3O. The van der Waals surface area contributed by atoms with E-state index in [1.807, 2.05) is 11.7 Å². The van der Waals surface area contributed by atoms with Crippen LogP contribution >= 0.6 is 0 Å². The summed E-state index contributed by atoms with van der Waals surface area (Å²) in [7, 11) is 1.96. The number of ether oxygens (including phenoxy) is 1. The maximum atomic E-state index is 6.11. The first-order chi connectivity index (χ1) is 8.23. The van der Waals surface area contributed by atoms with Crippen molar-refractivity contribution in [3.05, 3.63) is 11.9 Å². The maximum Gasteiger partial charge on any atom is 0.0853 e. The van der Waals surface area contributed by atoms with Crippen LogP contribution in [0.25, 0.3) is 0 Å². The molecule has 1 aliphatic heterocycles. The predicted molar refractivity (Wildman–Crippen MR) is 73.9 cm³/mol. The molecule has 4 heteroatoms. The third-order valence-electron chi connectivity index (χ3n) is 3.64. The second-order valence-electron chi connectivity index (χ2n) is 6.38. The summed E-state index contributed by atoms with van der Waals surface area (Å²) in [6, 6.07) is 0.321. The summed E-state index contributed by atoms with van der Waals surface area (Å²) < 4.78 is 7.98. The lowest BCUT2D eigenvalue weighted by molar-refractivity contribution is -0.0662. The van der Waals surface area contributed by atoms with E-state index in [-0.39, 0.29) is 11.2 Å². The summed E-state index contributed by atoms with van der Waals surface area (Å²) in [4.78, 5) is 0. The highest BCUT2D eigenvalue weighted by Crippen LogP contribution is 2.39. The summed E-state index contributed by atoms with van der Waals surface area (Å²) in [6.07, 6.45) is 4.01. The number of anilines is 1. The molecule has 0 spiro atoms. The first-order valence-electron chi connectivity index (χ1n) is 6.73. The number of hydrogen-bond donors (Lipinski definition) is 1. The van der Waals surface area contributed by atoms with Gasteiger partial charge in [-0.3, -0.25) is 4.68 Å². The molecule has 102 valence electrons. The van der Waals surface area contributed by atoms with E-state index >= 15 is 0 Å². The second kappa shape index (κ2) is 4.26. The van der Waals surface area contributed by atoms with Crippen molar-refractivity contribution in [2.75, 3.05) is 5.32 Å². The molecule has 0 radical (unpaired) electrons. The Hall–Kier alpha value is -1.03. The Balaban J connectivity index is 2.18. The van der Waals surface area contributed by atoms with Crippen LogP contribution in [-0.4, -0.2) is 27.0 Å². The quantitative estimate of drug-likeness (QED) is 0.898. The molecule has 1 N–H and O–H groups in total. The lowest BCUT2D eigenvalue weighted by Crippen LogP contribution is -2.38. The van der Waals surface area contributed by atoms with Gasteiger partial charge in [-0.1, -0.05) is 6.92 Å². The second-order valence-corrected chi connectivity index (χ2v) is 6.38. The van der Waals surface area contributed by atoms with Gasteiger partial charge in [-0.05, 0) is 40.5 Å². The first-order valence-corrected chi connectivity index (χ1v) is 6.73. The highest BCUT2D eigenvalue weighted by atomic mass is 16.5. The van der Waals surface area contributed by atoms with Gasteiger partial charge in [0.2, 0.25) is 0 Å². The molecule has 2 rings (SSSR count). The fraction of sp³-hybridized carbons (Fsp3) is 0.786. The van der Waals surface area contributed by atoms with Gasteiger partial charge in [0.25, 0.3) is 0 Å². The van der Waals surface area contributed by atoms with Crippen molar-refractivity contribution in [1.29, 1.82) is 0 Å². The zero-order valence-electron chi connectivity index (χ0n) is 12.4. The van der Waals surface area contributed by atoms with E-state index in [0.29, 0.717) is 6.04 Å². The molecule has 18 heavy (non-hydrogen) atoms. The molecule has 1 aliphatic rings. The van der Waals surface area contributed by atoms with Crippen molar-refractivity contribution < 1.29 is 4.74 Å². The number of aryl methyl sites for hydroxylation is 2. The van der Waals surface area contributed by atoms with E-state index in [1.165, 1.54) is 0 Å². The Morgan fingerprint density at radius 3 is 2.61 bits per heavy atom. The number of rotatable bonds is 3. The van der Waals surface area contributed by atoms with Gasteiger partial charge in [0.15, 0.2) is 0 Å². The molecule has 1 unspecified atom stereocenters. The van der Waals surface area contributed by atoms with Crippen LogP contribution in [0.5, 0.6) is 0 Å². The molecule has 1 saturated heterocycles. The summed E-state index contributed by atoms with van der Waals surface area (Å²) in [5, 5.41) is 8.09. The van der Waals surface area contributed by atoms with E-state index in [1.54, 1.807) is 0 Å². The van der Waals surface area contributed by atoms with Crippen molar-refractivity contribution in [2.24, 2.45) is 7.05 Å². The summed E-state index contributed by atoms with van der Waals surface area (Å²) in [6.45, 7) is 10.7. The Bertz CT molecular complexity index is 434. The third kappa shape index (κ3) is 2.53. The van der Waals surface area contributed by atoms with Gasteiger partial charge < -0.3 is 10.1 Å². The van der Waals surface area contributed by atoms with Crippen LogP contribution in [0.4, 0.5) is 5.69 Å². The maximum absolute atomic E-state index is 6.11. The van der Waals surface area contributed by atoms with Crippen molar-refractivity contribution >= 4 is 5.69 Å². The van der Waals surface area contributed by atoms with Crippen molar-refractivity contribution in [3.8, 4) is 0 Å². The van der Waals surface area contributed by atoms with Crippen LogP contribution in [-0.2, 0) is 18.2 Å². The molecule has 0 saturated carbocycles. The zero-order valence-corrected chi connectivity index (χ0v) is 12.4. The number of hydrogen-bond acceptors (Lipinski definition) is 3. The van der Waals surface area contributed by atoms with Crippen LogP contribution in [0, 0.1) is 0 Å². The smallest absolute Gasteiger partial charge is 0.0853 e. The van der Waals surface area contributed by atoms with Crippen LogP contribution in [0.1, 0.15) is 46.7 Å². The van der Waals surface area contributed by atoms with Gasteiger partial charge in [-0.2, -0.15) is 5.10 Å². The number of nitrogens with one attached hydrogen (secondary N) is 1. The molecule has 0 bridgehead atoms. The number of aromatic nitrogens is 2. The van der Waals surface area contributed by atoms with Gasteiger partial charge >= 0.3 is 0 Å². The van der Waals surface area contributed by atoms with E-state index < -0.39 is 0 Å². The minimum absolute atomic E-state index is 0.0598. The van der Waals surface area contributed by atoms with Crippen LogP contribution in [0.3, 0.4) is 0 Å². The zero-order chi connectivity index (χ0) is 13.6. The van der Waals surface area contributed by atoms with Crippen molar-refractivity contribution in [2.45, 2.75) is 64.7 Å². The normalized spacial score (nSPS) is 25.3. The average molecular weight is 251 g/mol. The van der Waals surface area contributed by atoms with E-state index in [4.69, 9.17) is 4.74 Å². The van der Waals surface area contributed by atoms with Crippen LogP contribution < -0.4 is 5.32 Å². The topological polar surface area (TPSA) is 39.1 Å². The summed E-state index contributed by atoms with van der Waals surface area (Å²) >= 11 is 0. The molecule has 2 heterocycles. The minimum atomic E-state index is -0.148. The Kier molecular flexibility index (Phi) is 3.18. The molecule has 1 fully saturated rings. The van der Waals surface area contributed by atoms with E-state index in [9.17, 15) is 0 Å². The lowest BCUT2D eigenvalue weighted by Gasteiger charge is -2.28. The Labute approximate surface area is 110 Å². The molecule has 0 amide bonds. The molecular weight excluding hydrogens is 226 g/mol. The van der Waals surface area contributed by atoms with Gasteiger partial charge in [0.1, 0.15) is 0 Å². The molecule has 1 aromatic rings. The highest BCUT2D eigenvalue weighted by Gasteiger charge is 2.46. The minimum Gasteiger partial charge on any atom is -0.377 e. The predicted octanol–water partition coefficient (Wildman–Crippen LogP) is 2.74. The molecule has 0 aliphatic carbocycles. The largest absolute Gasteiger partial charge is 0.377 e. The Morgan fingerprint density at radius 1 is 1.44 bits per heavy atom.